The van der Waals surface area contributed by atoms with E-state index in [2.05, 4.69) is 28.9 Å². The zero-order valence-electron chi connectivity index (χ0n) is 18.4. The van der Waals surface area contributed by atoms with Crippen molar-refractivity contribution in [3.63, 3.8) is 0 Å². The molecule has 2 spiro atoms. The van der Waals surface area contributed by atoms with Crippen molar-refractivity contribution < 1.29 is 19.3 Å². The van der Waals surface area contributed by atoms with Crippen LogP contribution in [-0.2, 0) is 16.0 Å². The van der Waals surface area contributed by atoms with Crippen LogP contribution in [0, 0.1) is 5.92 Å². The van der Waals surface area contributed by atoms with Gasteiger partial charge in [-0.1, -0.05) is 18.6 Å². The van der Waals surface area contributed by atoms with Gasteiger partial charge in [-0.15, -0.1) is 0 Å². The van der Waals surface area contributed by atoms with Gasteiger partial charge in [-0.2, -0.15) is 0 Å². The Morgan fingerprint density at radius 2 is 1.87 bits per heavy atom. The fourth-order valence-electron chi connectivity index (χ4n) is 5.84. The van der Waals surface area contributed by atoms with Crippen molar-refractivity contribution in [2.45, 2.75) is 82.2 Å². The molecule has 1 unspecified atom stereocenters. The minimum Gasteiger partial charge on any atom is -0.497 e. The van der Waals surface area contributed by atoms with Gasteiger partial charge in [-0.25, -0.2) is 0 Å². The van der Waals surface area contributed by atoms with E-state index in [4.69, 9.17) is 14.2 Å². The van der Waals surface area contributed by atoms with Crippen LogP contribution in [0.2, 0.25) is 0 Å². The lowest BCUT2D eigenvalue weighted by Gasteiger charge is -2.47. The van der Waals surface area contributed by atoms with Crippen molar-refractivity contribution in [2.24, 2.45) is 5.92 Å². The minimum absolute atomic E-state index is 0.0191. The summed E-state index contributed by atoms with van der Waals surface area (Å²) < 4.78 is 17.6. The van der Waals surface area contributed by atoms with E-state index >= 15 is 0 Å². The maximum Gasteiger partial charge on any atom is 0.169 e. The highest BCUT2D eigenvalue weighted by molar-refractivity contribution is 5.27. The van der Waals surface area contributed by atoms with Gasteiger partial charge >= 0.3 is 0 Å². The molecule has 1 aromatic carbocycles. The third kappa shape index (κ3) is 3.78. The summed E-state index contributed by atoms with van der Waals surface area (Å²) >= 11 is 0. The molecule has 2 atom stereocenters. The number of aliphatic hydroxyl groups is 1. The second-order valence-corrected chi connectivity index (χ2v) is 9.92. The van der Waals surface area contributed by atoms with Crippen LogP contribution >= 0.6 is 0 Å². The average Bonchev–Trinajstić information content (AvgIpc) is 3.20. The van der Waals surface area contributed by atoms with Crippen molar-refractivity contribution in [3.8, 4) is 5.75 Å². The molecule has 2 aliphatic heterocycles. The van der Waals surface area contributed by atoms with Crippen LogP contribution in [0.3, 0.4) is 0 Å². The molecule has 2 saturated heterocycles. The molecule has 6 nitrogen and oxygen atoms in total. The van der Waals surface area contributed by atoms with E-state index < -0.39 is 6.35 Å². The summed E-state index contributed by atoms with van der Waals surface area (Å²) in [5.41, 5.74) is 1.23. The van der Waals surface area contributed by atoms with E-state index in [-0.39, 0.29) is 17.4 Å². The standard InChI is InChI=1S/C24H36N2O4/c1-18-16-29-24(30-18)12-10-23(11-13-24)17-25(14-20-6-8-21(28-2)9-7-20)22(27)26(23)15-19-4-3-5-19/h6-9,18-19,22,27H,3-5,10-17H2,1-2H3/t18-,22?,23?,24?/m1/s1. The normalized spacial score (nSPS) is 37.8. The summed E-state index contributed by atoms with van der Waals surface area (Å²) in [6.45, 7) is 5.45. The quantitative estimate of drug-likeness (QED) is 0.795. The van der Waals surface area contributed by atoms with Gasteiger partial charge in [0.25, 0.3) is 0 Å². The van der Waals surface area contributed by atoms with Crippen LogP contribution in [-0.4, -0.2) is 65.5 Å². The number of hydrogen-bond donors (Lipinski definition) is 1. The monoisotopic (exact) mass is 416 g/mol. The van der Waals surface area contributed by atoms with Crippen molar-refractivity contribution in [3.05, 3.63) is 29.8 Å². The highest BCUT2D eigenvalue weighted by Crippen LogP contribution is 2.48. The SMILES string of the molecule is COc1ccc(CN2CC3(CCC4(CC3)OC[C@@H](C)O4)N(CC3CCC3)C2O)cc1. The minimum atomic E-state index is -0.522. The van der Waals surface area contributed by atoms with Crippen molar-refractivity contribution in [1.82, 2.24) is 9.80 Å². The molecular formula is C24H36N2O4. The number of rotatable bonds is 5. The van der Waals surface area contributed by atoms with Crippen LogP contribution in [0.15, 0.2) is 24.3 Å². The Morgan fingerprint density at radius 3 is 2.43 bits per heavy atom. The summed E-state index contributed by atoms with van der Waals surface area (Å²) in [6.07, 6.45) is 7.46. The second kappa shape index (κ2) is 8.06. The first-order valence-corrected chi connectivity index (χ1v) is 11.6. The third-order valence-corrected chi connectivity index (χ3v) is 7.88. The maximum absolute atomic E-state index is 11.4. The highest BCUT2D eigenvalue weighted by atomic mass is 16.7. The van der Waals surface area contributed by atoms with Crippen LogP contribution in [0.5, 0.6) is 5.75 Å². The molecule has 2 saturated carbocycles. The molecule has 2 heterocycles. The zero-order chi connectivity index (χ0) is 20.8. The van der Waals surface area contributed by atoms with E-state index in [1.807, 2.05) is 12.1 Å². The van der Waals surface area contributed by atoms with E-state index in [9.17, 15) is 5.11 Å². The van der Waals surface area contributed by atoms with Gasteiger partial charge in [-0.05, 0) is 56.2 Å². The smallest absolute Gasteiger partial charge is 0.169 e. The van der Waals surface area contributed by atoms with Gasteiger partial charge in [0, 0.05) is 38.0 Å². The Labute approximate surface area is 180 Å². The van der Waals surface area contributed by atoms with Gasteiger partial charge in [-0.3, -0.25) is 9.80 Å². The number of benzene rings is 1. The van der Waals surface area contributed by atoms with Crippen LogP contribution in [0.1, 0.15) is 57.4 Å². The number of methoxy groups -OCH3 is 1. The molecule has 1 N–H and O–H groups in total. The molecule has 0 amide bonds. The highest BCUT2D eigenvalue weighted by Gasteiger charge is 2.56. The molecule has 166 valence electrons. The van der Waals surface area contributed by atoms with E-state index in [1.54, 1.807) is 7.11 Å². The van der Waals surface area contributed by atoms with Crippen molar-refractivity contribution in [1.29, 1.82) is 0 Å². The molecular weight excluding hydrogens is 380 g/mol. The average molecular weight is 417 g/mol. The molecule has 30 heavy (non-hydrogen) atoms. The first-order chi connectivity index (χ1) is 14.5. The van der Waals surface area contributed by atoms with Crippen LogP contribution in [0.25, 0.3) is 0 Å². The first kappa shape index (κ1) is 20.7. The predicted molar refractivity (Wildman–Crippen MR) is 114 cm³/mol. The summed E-state index contributed by atoms with van der Waals surface area (Å²) in [5, 5.41) is 11.4. The number of aliphatic hydroxyl groups excluding tert-OH is 1. The molecule has 6 heteroatoms. The predicted octanol–water partition coefficient (Wildman–Crippen LogP) is 3.33. The number of nitrogens with zero attached hydrogens (tertiary/aromatic N) is 2. The summed E-state index contributed by atoms with van der Waals surface area (Å²) in [6, 6.07) is 8.20. The lowest BCUT2D eigenvalue weighted by atomic mass is 9.76. The molecule has 5 rings (SSSR count). The number of hydrogen-bond acceptors (Lipinski definition) is 6. The topological polar surface area (TPSA) is 54.4 Å². The fourth-order valence-corrected chi connectivity index (χ4v) is 5.84. The van der Waals surface area contributed by atoms with E-state index in [0.717, 1.165) is 57.0 Å². The Balaban J connectivity index is 1.32. The Bertz CT molecular complexity index is 727. The summed E-state index contributed by atoms with van der Waals surface area (Å²) in [7, 11) is 1.69. The summed E-state index contributed by atoms with van der Waals surface area (Å²) in [4.78, 5) is 4.67. The Kier molecular flexibility index (Phi) is 5.57. The van der Waals surface area contributed by atoms with Gasteiger partial charge in [0.05, 0.1) is 19.8 Å². The third-order valence-electron chi connectivity index (χ3n) is 7.88. The van der Waals surface area contributed by atoms with E-state index in [0.29, 0.717) is 6.61 Å². The second-order valence-electron chi connectivity index (χ2n) is 9.92. The molecule has 4 fully saturated rings. The maximum atomic E-state index is 11.4. The van der Waals surface area contributed by atoms with Gasteiger partial charge in [0.1, 0.15) is 5.75 Å². The van der Waals surface area contributed by atoms with Crippen molar-refractivity contribution in [2.75, 3.05) is 26.8 Å². The first-order valence-electron chi connectivity index (χ1n) is 11.6. The van der Waals surface area contributed by atoms with Crippen LogP contribution < -0.4 is 4.74 Å². The molecule has 0 bridgehead atoms. The van der Waals surface area contributed by atoms with Gasteiger partial charge in [0.2, 0.25) is 0 Å². The van der Waals surface area contributed by atoms with Gasteiger partial charge in [0.15, 0.2) is 12.1 Å². The lowest BCUT2D eigenvalue weighted by molar-refractivity contribution is -0.204. The molecule has 0 radical (unpaired) electrons. The molecule has 2 aliphatic carbocycles. The molecule has 0 aromatic heterocycles. The Morgan fingerprint density at radius 1 is 1.13 bits per heavy atom. The van der Waals surface area contributed by atoms with Gasteiger partial charge < -0.3 is 19.3 Å². The summed E-state index contributed by atoms with van der Waals surface area (Å²) in [5.74, 6) is 1.21. The van der Waals surface area contributed by atoms with E-state index in [1.165, 1.54) is 24.8 Å². The van der Waals surface area contributed by atoms with Crippen LogP contribution in [0.4, 0.5) is 0 Å². The van der Waals surface area contributed by atoms with Crippen molar-refractivity contribution >= 4 is 0 Å². The zero-order valence-corrected chi connectivity index (χ0v) is 18.4. The largest absolute Gasteiger partial charge is 0.497 e. The molecule has 4 aliphatic rings. The lowest BCUT2D eigenvalue weighted by Crippen LogP contribution is -2.55. The fraction of sp³-hybridized carbons (Fsp3) is 0.750. The molecule has 1 aromatic rings. The number of ether oxygens (including phenoxy) is 3. The Hall–Kier alpha value is -1.18.